The van der Waals surface area contributed by atoms with E-state index >= 15 is 0 Å². The molecule has 0 aromatic rings. The average Bonchev–Trinajstić information content (AvgIpc) is 0.722. The van der Waals surface area contributed by atoms with E-state index in [4.69, 9.17) is 0 Å². The minimum atomic E-state index is -3.42. The summed E-state index contributed by atoms with van der Waals surface area (Å²) in [6.45, 7) is 0. The second-order valence-electron chi connectivity index (χ2n) is 0.663. The molecule has 0 heterocycles. The van der Waals surface area contributed by atoms with Gasteiger partial charge < -0.3 is 7.43 Å². The van der Waals surface area contributed by atoms with Gasteiger partial charge in [0.15, 0.2) is 0 Å². The summed E-state index contributed by atoms with van der Waals surface area (Å²) in [6, 6.07) is 0. The number of primary sulfonamides is 1. The number of hydrogen-bond donors (Lipinski definition) is 1. The quantitative estimate of drug-likeness (QED) is 0.534. The summed E-state index contributed by atoms with van der Waals surface area (Å²) >= 11 is 0. The molecule has 43 valence electrons. The Hall–Kier alpha value is 1.01. The molecule has 5 heteroatoms. The van der Waals surface area contributed by atoms with Gasteiger partial charge in [0.2, 0.25) is 0 Å². The predicted octanol–water partition coefficient (Wildman–Crippen LogP) is -0.486. The summed E-state index contributed by atoms with van der Waals surface area (Å²) in [5.74, 6) is 0. The van der Waals surface area contributed by atoms with Gasteiger partial charge in [-0.15, -0.1) is 0 Å². The van der Waals surface area contributed by atoms with Crippen molar-refractivity contribution in [3.8, 4) is 0 Å². The number of rotatable bonds is 0. The van der Waals surface area contributed by atoms with Crippen LogP contribution in [0.3, 0.4) is 0 Å². The molecule has 0 saturated carbocycles. The average molecular weight is 198 g/mol. The van der Waals surface area contributed by atoms with E-state index in [1.807, 2.05) is 0 Å². The summed E-state index contributed by atoms with van der Waals surface area (Å²) in [6.07, 6.45) is 2.52. The molecule has 0 fully saturated rings. The van der Waals surface area contributed by atoms with E-state index in [-0.39, 0.29) is 40.1 Å². The van der Waals surface area contributed by atoms with E-state index in [1.165, 1.54) is 0 Å². The second-order valence-corrected chi connectivity index (χ2v) is 1.99. The molecule has 0 aliphatic carbocycles. The van der Waals surface area contributed by atoms with Crippen LogP contribution in [0, 0.1) is 13.7 Å². The fourth-order valence-electron chi connectivity index (χ4n) is 0. The van der Waals surface area contributed by atoms with Gasteiger partial charge in [-0.3, -0.25) is 5.14 Å². The van der Waals surface area contributed by atoms with Crippen LogP contribution in [0.2, 0.25) is 0 Å². The molecule has 0 unspecified atom stereocenters. The Bertz CT molecular complexity index is 98.9. The van der Waals surface area contributed by atoms with Crippen LogP contribution in [-0.4, -0.2) is 8.42 Å². The first-order chi connectivity index (χ1) is 2.00. The number of nitrogens with two attached hydrogens (primary N) is 1. The van der Waals surface area contributed by atoms with Crippen LogP contribution < -0.4 is 5.14 Å². The van der Waals surface area contributed by atoms with Crippen molar-refractivity contribution in [3.63, 3.8) is 0 Å². The molecule has 0 aliphatic heterocycles. The minimum Gasteiger partial charge on any atom is -0.358 e. The Labute approximate surface area is 69.6 Å². The van der Waals surface area contributed by atoms with Crippen molar-refractivity contribution in [2.24, 2.45) is 5.14 Å². The van der Waals surface area contributed by atoms with Crippen molar-refractivity contribution in [2.75, 3.05) is 0 Å². The molecular formula is C2H7NO2SY-2. The molecule has 0 rings (SSSR count). The molecule has 0 aliphatic rings. The van der Waals surface area contributed by atoms with Crippen LogP contribution in [0.5, 0.6) is 0 Å². The molecule has 0 amide bonds. The smallest absolute Gasteiger partial charge is 0.0770 e. The van der Waals surface area contributed by atoms with E-state index in [2.05, 4.69) is 11.4 Å². The predicted molar refractivity (Wildman–Crippen MR) is 24.9 cm³/mol. The molecule has 0 aromatic carbocycles. The van der Waals surface area contributed by atoms with Gasteiger partial charge in [-0.05, 0) is 0 Å². The zero-order valence-electron chi connectivity index (χ0n) is 4.09. The van der Waals surface area contributed by atoms with Crippen LogP contribution in [-0.2, 0) is 42.7 Å². The van der Waals surface area contributed by atoms with E-state index in [0.29, 0.717) is 0 Å². The zero-order valence-corrected chi connectivity index (χ0v) is 7.74. The summed E-state index contributed by atoms with van der Waals surface area (Å²) < 4.78 is 18.6. The van der Waals surface area contributed by atoms with Crippen molar-refractivity contribution < 1.29 is 41.1 Å². The van der Waals surface area contributed by atoms with E-state index < -0.39 is 10.0 Å². The van der Waals surface area contributed by atoms with Crippen molar-refractivity contribution in [2.45, 2.75) is 0 Å². The number of hydrogen-bond acceptors (Lipinski definition) is 2. The van der Waals surface area contributed by atoms with Crippen LogP contribution in [0.4, 0.5) is 0 Å². The molecular weight excluding hydrogens is 191 g/mol. The molecule has 0 aromatic heterocycles. The molecule has 3 nitrogen and oxygen atoms in total. The third kappa shape index (κ3) is 172. The van der Waals surface area contributed by atoms with Gasteiger partial charge in [0.25, 0.3) is 0 Å². The summed E-state index contributed by atoms with van der Waals surface area (Å²) in [5.41, 5.74) is 0. The van der Waals surface area contributed by atoms with Crippen molar-refractivity contribution in [1.29, 1.82) is 0 Å². The second kappa shape index (κ2) is 5.16. The molecule has 0 bridgehead atoms. The van der Waals surface area contributed by atoms with Gasteiger partial charge in [0.05, 0.1) is 10.0 Å². The molecule has 7 heavy (non-hydrogen) atoms. The van der Waals surface area contributed by atoms with Gasteiger partial charge in [0, 0.05) is 32.7 Å². The molecule has 2 N–H and O–H groups in total. The zero-order chi connectivity index (χ0) is 4.50. The molecule has 0 spiro atoms. The molecule has 0 saturated heterocycles. The van der Waals surface area contributed by atoms with Crippen molar-refractivity contribution in [1.82, 2.24) is 0 Å². The minimum absolute atomic E-state index is 0. The largest absolute Gasteiger partial charge is 0.358 e. The Morgan fingerprint density at radius 2 is 1.43 bits per heavy atom. The van der Waals surface area contributed by atoms with Gasteiger partial charge in [-0.1, -0.05) is 0 Å². The fraction of sp³-hybridized carbons (Fsp3) is 0. The van der Waals surface area contributed by atoms with Crippen molar-refractivity contribution >= 4 is 10.0 Å². The van der Waals surface area contributed by atoms with Gasteiger partial charge in [0.1, 0.15) is 0 Å². The van der Waals surface area contributed by atoms with Crippen molar-refractivity contribution in [3.05, 3.63) is 13.7 Å². The molecule has 1 radical (unpaired) electrons. The van der Waals surface area contributed by atoms with Gasteiger partial charge >= 0.3 is 0 Å². The maximum Gasteiger partial charge on any atom is 0.0770 e. The fourth-order valence-corrected chi connectivity index (χ4v) is 0. The Morgan fingerprint density at radius 3 is 1.43 bits per heavy atom. The first-order valence-corrected chi connectivity index (χ1v) is 2.57. The van der Waals surface area contributed by atoms with Gasteiger partial charge in [-0.2, -0.15) is 0 Å². The Balaban J connectivity index is -0.0000000800. The normalized spacial score (nSPS) is 8.29. The third-order valence-electron chi connectivity index (χ3n) is 0. The third-order valence-corrected chi connectivity index (χ3v) is 0. The summed E-state index contributed by atoms with van der Waals surface area (Å²) in [7, 11) is -3.42. The van der Waals surface area contributed by atoms with E-state index in [1.54, 1.807) is 0 Å². The first-order valence-electron chi connectivity index (χ1n) is 0.858. The van der Waals surface area contributed by atoms with E-state index in [0.717, 1.165) is 0 Å². The Morgan fingerprint density at radius 1 is 1.43 bits per heavy atom. The van der Waals surface area contributed by atoms with Crippen LogP contribution in [0.25, 0.3) is 0 Å². The SMILES string of the molecule is [CH2-]S(N)(=O)=O.[CH3-].[Y]. The Kier molecular flexibility index (Phi) is 11.6. The standard InChI is InChI=1S/CH4NO2S.CH3.Y/c1-5(2,3)4;;/h1H2,(H2,2,3,4);1H3;/q2*-1;. The topological polar surface area (TPSA) is 60.2 Å². The first kappa shape index (κ1) is 15.7. The van der Waals surface area contributed by atoms with E-state index in [9.17, 15) is 8.42 Å². The monoisotopic (exact) mass is 198 g/mol. The maximum absolute atomic E-state index is 9.30. The number of sulfonamides is 1. The maximum atomic E-state index is 9.30. The van der Waals surface area contributed by atoms with Crippen LogP contribution >= 0.6 is 0 Å². The molecule has 0 atom stereocenters. The van der Waals surface area contributed by atoms with Gasteiger partial charge in [-0.25, -0.2) is 14.7 Å². The van der Waals surface area contributed by atoms with Crippen LogP contribution in [0.15, 0.2) is 0 Å². The summed E-state index contributed by atoms with van der Waals surface area (Å²) in [5, 5.41) is 4.22. The van der Waals surface area contributed by atoms with Crippen LogP contribution in [0.1, 0.15) is 0 Å². The summed E-state index contributed by atoms with van der Waals surface area (Å²) in [4.78, 5) is 0.